The van der Waals surface area contributed by atoms with Crippen molar-refractivity contribution < 1.29 is 9.53 Å². The summed E-state index contributed by atoms with van der Waals surface area (Å²) in [6, 6.07) is 14.4. The van der Waals surface area contributed by atoms with E-state index in [0.717, 1.165) is 49.8 Å². The number of rotatable bonds is 7. The van der Waals surface area contributed by atoms with Crippen LogP contribution in [0.1, 0.15) is 30.9 Å². The van der Waals surface area contributed by atoms with Gasteiger partial charge in [0.1, 0.15) is 5.75 Å². The van der Waals surface area contributed by atoms with E-state index in [-0.39, 0.29) is 5.91 Å². The molecule has 0 spiro atoms. The largest absolute Gasteiger partial charge is 0.497 e. The number of carbonyl (C=O) groups is 1. The molecular formula is C23H29BrN2O2. The van der Waals surface area contributed by atoms with Crippen LogP contribution in [0.2, 0.25) is 0 Å². The zero-order valence-corrected chi connectivity index (χ0v) is 18.3. The molecule has 1 heterocycles. The topological polar surface area (TPSA) is 41.6 Å². The lowest BCUT2D eigenvalue weighted by Crippen LogP contribution is -2.35. The molecule has 0 radical (unpaired) electrons. The maximum absolute atomic E-state index is 11.1. The van der Waals surface area contributed by atoms with Crippen molar-refractivity contribution in [2.45, 2.75) is 32.6 Å². The molecule has 2 aromatic rings. The summed E-state index contributed by atoms with van der Waals surface area (Å²) >= 11 is 3.68. The number of hydrogen-bond acceptors (Lipinski definition) is 3. The van der Waals surface area contributed by atoms with Crippen LogP contribution in [0.5, 0.6) is 5.75 Å². The fraction of sp³-hybridized carbons (Fsp3) is 0.435. The van der Waals surface area contributed by atoms with E-state index in [1.165, 1.54) is 35.4 Å². The Hall–Kier alpha value is -1.85. The molecule has 1 N–H and O–H groups in total. The number of amides is 1. The Kier molecular flexibility index (Phi) is 7.51. The molecule has 0 unspecified atom stereocenters. The number of nitrogens with zero attached hydrogens (tertiary/aromatic N) is 1. The van der Waals surface area contributed by atoms with Gasteiger partial charge in [-0.1, -0.05) is 28.1 Å². The van der Waals surface area contributed by atoms with E-state index in [2.05, 4.69) is 50.4 Å². The van der Waals surface area contributed by atoms with Gasteiger partial charge in [-0.25, -0.2) is 0 Å². The minimum atomic E-state index is -0.0309. The molecule has 0 aromatic heterocycles. The fourth-order valence-electron chi connectivity index (χ4n) is 3.80. The van der Waals surface area contributed by atoms with Gasteiger partial charge < -0.3 is 15.0 Å². The fourth-order valence-corrected chi connectivity index (χ4v) is 4.21. The molecule has 5 heteroatoms. The third-order valence-electron chi connectivity index (χ3n) is 5.46. The van der Waals surface area contributed by atoms with Crippen LogP contribution in [0.15, 0.2) is 46.9 Å². The molecule has 1 saturated heterocycles. The van der Waals surface area contributed by atoms with Crippen LogP contribution in [0.3, 0.4) is 0 Å². The molecule has 1 fully saturated rings. The highest BCUT2D eigenvalue weighted by Crippen LogP contribution is 2.28. The van der Waals surface area contributed by atoms with E-state index >= 15 is 0 Å². The average molecular weight is 445 g/mol. The number of piperidine rings is 1. The highest BCUT2D eigenvalue weighted by Gasteiger charge is 2.20. The van der Waals surface area contributed by atoms with Crippen LogP contribution in [-0.2, 0) is 17.6 Å². The summed E-state index contributed by atoms with van der Waals surface area (Å²) in [6.45, 7) is 4.95. The van der Waals surface area contributed by atoms with Gasteiger partial charge in [-0.3, -0.25) is 4.79 Å². The molecule has 0 bridgehead atoms. The maximum atomic E-state index is 11.1. The lowest BCUT2D eigenvalue weighted by atomic mass is 9.90. The van der Waals surface area contributed by atoms with Crippen molar-refractivity contribution in [1.82, 2.24) is 4.90 Å². The van der Waals surface area contributed by atoms with Gasteiger partial charge in [-0.15, -0.1) is 0 Å². The molecule has 4 nitrogen and oxygen atoms in total. The lowest BCUT2D eigenvalue weighted by molar-refractivity contribution is -0.114. The van der Waals surface area contributed by atoms with Gasteiger partial charge in [0.2, 0.25) is 5.91 Å². The Balaban J connectivity index is 1.43. The summed E-state index contributed by atoms with van der Waals surface area (Å²) in [5.74, 6) is 1.63. The molecule has 0 aliphatic carbocycles. The molecule has 1 aliphatic heterocycles. The standard InChI is InChI=1S/C23H29BrN2O2/c1-17(27)25-21-5-3-18(4-6-21)9-12-26-13-10-19(11-14-26)15-20-16-22(28-2)7-8-23(20)24/h3-8,16,19H,9-15H2,1-2H3,(H,25,27). The van der Waals surface area contributed by atoms with Crippen molar-refractivity contribution in [1.29, 1.82) is 0 Å². The normalized spacial score (nSPS) is 15.4. The molecule has 0 atom stereocenters. The summed E-state index contributed by atoms with van der Waals surface area (Å²) in [4.78, 5) is 13.7. The zero-order valence-electron chi connectivity index (χ0n) is 16.7. The average Bonchev–Trinajstić information content (AvgIpc) is 2.70. The molecule has 2 aromatic carbocycles. The third-order valence-corrected chi connectivity index (χ3v) is 6.23. The van der Waals surface area contributed by atoms with E-state index < -0.39 is 0 Å². The zero-order chi connectivity index (χ0) is 19.9. The molecular weight excluding hydrogens is 416 g/mol. The molecule has 1 amide bonds. The van der Waals surface area contributed by atoms with Gasteiger partial charge in [-0.05, 0) is 86.1 Å². The van der Waals surface area contributed by atoms with E-state index in [4.69, 9.17) is 4.74 Å². The van der Waals surface area contributed by atoms with E-state index in [1.54, 1.807) is 7.11 Å². The first-order valence-corrected chi connectivity index (χ1v) is 10.7. The minimum Gasteiger partial charge on any atom is -0.497 e. The summed E-state index contributed by atoms with van der Waals surface area (Å²) in [5, 5.41) is 2.81. The van der Waals surface area contributed by atoms with E-state index in [0.29, 0.717) is 0 Å². The summed E-state index contributed by atoms with van der Waals surface area (Å²) < 4.78 is 6.55. The first-order chi connectivity index (χ1) is 13.5. The number of nitrogens with one attached hydrogen (secondary N) is 1. The van der Waals surface area contributed by atoms with Crippen molar-refractivity contribution in [2.24, 2.45) is 5.92 Å². The quantitative estimate of drug-likeness (QED) is 0.658. The van der Waals surface area contributed by atoms with E-state index in [9.17, 15) is 4.79 Å². The van der Waals surface area contributed by atoms with Crippen LogP contribution in [0.25, 0.3) is 0 Å². The highest BCUT2D eigenvalue weighted by atomic mass is 79.9. The summed E-state index contributed by atoms with van der Waals surface area (Å²) in [6.07, 6.45) is 4.64. The molecule has 150 valence electrons. The Labute approximate surface area is 176 Å². The summed E-state index contributed by atoms with van der Waals surface area (Å²) in [7, 11) is 1.72. The number of methoxy groups -OCH3 is 1. The van der Waals surface area contributed by atoms with Crippen LogP contribution in [0, 0.1) is 5.92 Å². The number of likely N-dealkylation sites (tertiary alicyclic amines) is 1. The maximum Gasteiger partial charge on any atom is 0.221 e. The van der Waals surface area contributed by atoms with Crippen molar-refractivity contribution >= 4 is 27.5 Å². The van der Waals surface area contributed by atoms with E-state index in [1.807, 2.05) is 18.2 Å². The summed E-state index contributed by atoms with van der Waals surface area (Å²) in [5.41, 5.74) is 3.52. The number of hydrogen-bond donors (Lipinski definition) is 1. The molecule has 1 aliphatic rings. The first kappa shape index (κ1) is 20.9. The molecule has 3 rings (SSSR count). The second-order valence-corrected chi connectivity index (χ2v) is 8.43. The van der Waals surface area contributed by atoms with Crippen LogP contribution in [0.4, 0.5) is 5.69 Å². The van der Waals surface area contributed by atoms with Crippen molar-refractivity contribution in [3.63, 3.8) is 0 Å². The Morgan fingerprint density at radius 2 is 1.89 bits per heavy atom. The van der Waals surface area contributed by atoms with Crippen LogP contribution < -0.4 is 10.1 Å². The Morgan fingerprint density at radius 3 is 2.54 bits per heavy atom. The lowest BCUT2D eigenvalue weighted by Gasteiger charge is -2.32. The Morgan fingerprint density at radius 1 is 1.18 bits per heavy atom. The predicted octanol–water partition coefficient (Wildman–Crippen LogP) is 4.91. The predicted molar refractivity (Wildman–Crippen MR) is 118 cm³/mol. The Bertz CT molecular complexity index is 784. The number of benzene rings is 2. The second-order valence-electron chi connectivity index (χ2n) is 7.57. The van der Waals surface area contributed by atoms with Gasteiger partial charge in [0, 0.05) is 23.6 Å². The van der Waals surface area contributed by atoms with Gasteiger partial charge in [0.25, 0.3) is 0 Å². The first-order valence-electron chi connectivity index (χ1n) is 9.95. The monoisotopic (exact) mass is 444 g/mol. The highest BCUT2D eigenvalue weighted by molar-refractivity contribution is 9.10. The third kappa shape index (κ3) is 6.08. The number of halogens is 1. The van der Waals surface area contributed by atoms with Gasteiger partial charge in [0.15, 0.2) is 0 Å². The SMILES string of the molecule is COc1ccc(Br)c(CC2CCN(CCc3ccc(NC(C)=O)cc3)CC2)c1. The van der Waals surface area contributed by atoms with Crippen molar-refractivity contribution in [3.8, 4) is 5.75 Å². The molecule has 28 heavy (non-hydrogen) atoms. The van der Waals surface area contributed by atoms with Gasteiger partial charge in [0.05, 0.1) is 7.11 Å². The van der Waals surface area contributed by atoms with Crippen LogP contribution in [-0.4, -0.2) is 37.6 Å². The number of anilines is 1. The smallest absolute Gasteiger partial charge is 0.221 e. The second kappa shape index (κ2) is 10.1. The van der Waals surface area contributed by atoms with Crippen molar-refractivity contribution in [3.05, 3.63) is 58.1 Å². The van der Waals surface area contributed by atoms with Gasteiger partial charge in [-0.2, -0.15) is 0 Å². The van der Waals surface area contributed by atoms with Crippen molar-refractivity contribution in [2.75, 3.05) is 32.1 Å². The van der Waals surface area contributed by atoms with Crippen LogP contribution >= 0.6 is 15.9 Å². The number of carbonyl (C=O) groups excluding carboxylic acids is 1. The van der Waals surface area contributed by atoms with Gasteiger partial charge >= 0.3 is 0 Å². The molecule has 0 saturated carbocycles. The number of ether oxygens (including phenoxy) is 1. The minimum absolute atomic E-state index is 0.0309.